The van der Waals surface area contributed by atoms with E-state index in [9.17, 15) is 0 Å². The van der Waals surface area contributed by atoms with E-state index in [0.29, 0.717) is 12.5 Å². The third kappa shape index (κ3) is 4.08. The zero-order chi connectivity index (χ0) is 14.5. The Morgan fingerprint density at radius 2 is 2.05 bits per heavy atom. The van der Waals surface area contributed by atoms with Crippen LogP contribution < -0.4 is 15.8 Å². The lowest BCUT2D eigenvalue weighted by Gasteiger charge is -2.10. The Kier molecular flexibility index (Phi) is 4.34. The number of benzene rings is 1. The summed E-state index contributed by atoms with van der Waals surface area (Å²) in [6.45, 7) is 6.48. The van der Waals surface area contributed by atoms with Gasteiger partial charge in [0.2, 0.25) is 11.9 Å². The Hall–Kier alpha value is -2.37. The molecule has 0 saturated heterocycles. The lowest BCUT2D eigenvalue weighted by Crippen LogP contribution is -2.13. The molecular weight excluding hydrogens is 254 g/mol. The van der Waals surface area contributed by atoms with Gasteiger partial charge in [-0.15, -0.1) is 0 Å². The minimum atomic E-state index is -0.0126. The maximum absolute atomic E-state index is 5.65. The van der Waals surface area contributed by atoms with Crippen LogP contribution in [0.15, 0.2) is 24.3 Å². The van der Waals surface area contributed by atoms with E-state index in [1.807, 2.05) is 26.0 Å². The van der Waals surface area contributed by atoms with Gasteiger partial charge < -0.3 is 15.8 Å². The molecule has 1 heterocycles. The molecule has 106 valence electrons. The van der Waals surface area contributed by atoms with Gasteiger partial charge in [-0.05, 0) is 26.3 Å². The molecule has 0 aliphatic heterocycles. The second-order valence-corrected chi connectivity index (χ2v) is 4.81. The van der Waals surface area contributed by atoms with Crippen LogP contribution in [0, 0.1) is 6.92 Å². The summed E-state index contributed by atoms with van der Waals surface area (Å²) in [5.41, 5.74) is 8.01. The highest BCUT2D eigenvalue weighted by Crippen LogP contribution is 2.12. The highest BCUT2D eigenvalue weighted by molar-refractivity contribution is 5.34. The zero-order valence-electron chi connectivity index (χ0n) is 11.9. The van der Waals surface area contributed by atoms with Gasteiger partial charge in [0.15, 0.2) is 0 Å². The summed E-state index contributed by atoms with van der Waals surface area (Å²) < 4.78 is 5.42. The molecule has 2 rings (SSSR count). The first-order chi connectivity index (χ1) is 9.52. The lowest BCUT2D eigenvalue weighted by molar-refractivity contribution is 0.222. The number of nitrogen functional groups attached to an aromatic ring is 1. The number of hydrogen-bond acceptors (Lipinski definition) is 6. The van der Waals surface area contributed by atoms with Crippen molar-refractivity contribution in [1.29, 1.82) is 0 Å². The van der Waals surface area contributed by atoms with Crippen LogP contribution in [-0.2, 0) is 6.54 Å². The Bertz CT molecular complexity index is 586. The number of nitrogens with zero attached hydrogens (tertiary/aromatic N) is 3. The van der Waals surface area contributed by atoms with E-state index < -0.39 is 0 Å². The van der Waals surface area contributed by atoms with E-state index in [0.717, 1.165) is 5.56 Å². The minimum absolute atomic E-state index is 0.0126. The minimum Gasteiger partial charge on any atom is -0.461 e. The first kappa shape index (κ1) is 14.0. The summed E-state index contributed by atoms with van der Waals surface area (Å²) in [7, 11) is 0. The van der Waals surface area contributed by atoms with Crippen LogP contribution in [0.3, 0.4) is 0 Å². The van der Waals surface area contributed by atoms with Crippen LogP contribution in [0.5, 0.6) is 6.01 Å². The molecule has 0 unspecified atom stereocenters. The number of nitrogens with one attached hydrogen (secondary N) is 1. The third-order valence-electron chi connectivity index (χ3n) is 2.51. The molecule has 0 radical (unpaired) electrons. The number of rotatable bonds is 5. The molecule has 0 aliphatic carbocycles. The van der Waals surface area contributed by atoms with Crippen molar-refractivity contribution in [2.45, 2.75) is 33.4 Å². The van der Waals surface area contributed by atoms with Crippen molar-refractivity contribution in [1.82, 2.24) is 15.0 Å². The number of aryl methyl sites for hydroxylation is 1. The van der Waals surface area contributed by atoms with Crippen LogP contribution in [0.2, 0.25) is 0 Å². The largest absolute Gasteiger partial charge is 0.461 e. The fourth-order valence-electron chi connectivity index (χ4n) is 1.72. The molecule has 0 bridgehead atoms. The molecule has 0 spiro atoms. The van der Waals surface area contributed by atoms with Crippen molar-refractivity contribution in [2.24, 2.45) is 0 Å². The van der Waals surface area contributed by atoms with Crippen molar-refractivity contribution >= 4 is 11.9 Å². The van der Waals surface area contributed by atoms with Gasteiger partial charge in [-0.25, -0.2) is 0 Å². The van der Waals surface area contributed by atoms with Crippen LogP contribution in [-0.4, -0.2) is 21.1 Å². The molecule has 3 N–H and O–H groups in total. The van der Waals surface area contributed by atoms with Crippen LogP contribution in [0.25, 0.3) is 0 Å². The van der Waals surface area contributed by atoms with Crippen molar-refractivity contribution in [3.05, 3.63) is 35.4 Å². The molecule has 0 amide bonds. The molecule has 0 fully saturated rings. The van der Waals surface area contributed by atoms with Crippen LogP contribution in [0.4, 0.5) is 11.9 Å². The lowest BCUT2D eigenvalue weighted by atomic mass is 10.1. The fourth-order valence-corrected chi connectivity index (χ4v) is 1.72. The van der Waals surface area contributed by atoms with Gasteiger partial charge in [0.25, 0.3) is 0 Å². The summed E-state index contributed by atoms with van der Waals surface area (Å²) in [4.78, 5) is 12.2. The van der Waals surface area contributed by atoms with Gasteiger partial charge in [0.1, 0.15) is 0 Å². The predicted octanol–water partition coefficient (Wildman–Crippen LogP) is 2.16. The summed E-state index contributed by atoms with van der Waals surface area (Å²) in [5.74, 6) is 0.553. The van der Waals surface area contributed by atoms with Crippen molar-refractivity contribution in [3.63, 3.8) is 0 Å². The highest BCUT2D eigenvalue weighted by atomic mass is 16.5. The normalized spacial score (nSPS) is 10.6. The predicted molar refractivity (Wildman–Crippen MR) is 78.5 cm³/mol. The second kappa shape index (κ2) is 6.18. The van der Waals surface area contributed by atoms with Gasteiger partial charge in [-0.2, -0.15) is 15.0 Å². The Labute approximate surface area is 118 Å². The molecular formula is C14H19N5O. The second-order valence-electron chi connectivity index (χ2n) is 4.81. The molecule has 6 nitrogen and oxygen atoms in total. The first-order valence-corrected chi connectivity index (χ1v) is 6.50. The van der Waals surface area contributed by atoms with Gasteiger partial charge in [-0.3, -0.25) is 0 Å². The van der Waals surface area contributed by atoms with Crippen LogP contribution >= 0.6 is 0 Å². The quantitative estimate of drug-likeness (QED) is 0.868. The molecule has 1 aromatic carbocycles. The molecule has 20 heavy (non-hydrogen) atoms. The standard InChI is InChI=1S/C14H19N5O/c1-9(2)20-14-18-12(15)17-13(19-14)16-8-11-6-4-5-10(3)7-11/h4-7,9H,8H2,1-3H3,(H3,15,16,17,18,19). The maximum Gasteiger partial charge on any atom is 0.323 e. The topological polar surface area (TPSA) is 86.0 Å². The fraction of sp³-hybridized carbons (Fsp3) is 0.357. The Morgan fingerprint density at radius 3 is 2.75 bits per heavy atom. The molecule has 0 saturated carbocycles. The summed E-state index contributed by atoms with van der Waals surface area (Å²) in [6.07, 6.45) is -0.0126. The van der Waals surface area contributed by atoms with E-state index >= 15 is 0 Å². The monoisotopic (exact) mass is 273 g/mol. The van der Waals surface area contributed by atoms with E-state index in [2.05, 4.69) is 39.3 Å². The molecule has 6 heteroatoms. The van der Waals surface area contributed by atoms with E-state index in [4.69, 9.17) is 10.5 Å². The maximum atomic E-state index is 5.65. The summed E-state index contributed by atoms with van der Waals surface area (Å²) in [5, 5.41) is 3.12. The molecule has 1 aromatic heterocycles. The summed E-state index contributed by atoms with van der Waals surface area (Å²) >= 11 is 0. The van der Waals surface area contributed by atoms with Gasteiger partial charge in [0.05, 0.1) is 6.10 Å². The third-order valence-corrected chi connectivity index (χ3v) is 2.51. The van der Waals surface area contributed by atoms with Crippen molar-refractivity contribution in [2.75, 3.05) is 11.1 Å². The molecule has 2 aromatic rings. The number of hydrogen-bond donors (Lipinski definition) is 2. The Balaban J connectivity index is 2.07. The number of ether oxygens (including phenoxy) is 1. The number of anilines is 2. The summed E-state index contributed by atoms with van der Waals surface area (Å²) in [6, 6.07) is 8.44. The molecule has 0 aliphatic rings. The van der Waals surface area contributed by atoms with Crippen molar-refractivity contribution in [3.8, 4) is 6.01 Å². The van der Waals surface area contributed by atoms with Gasteiger partial charge in [-0.1, -0.05) is 29.8 Å². The van der Waals surface area contributed by atoms with Gasteiger partial charge >= 0.3 is 6.01 Å². The highest BCUT2D eigenvalue weighted by Gasteiger charge is 2.07. The van der Waals surface area contributed by atoms with E-state index in [1.54, 1.807) is 0 Å². The zero-order valence-corrected chi connectivity index (χ0v) is 11.9. The van der Waals surface area contributed by atoms with E-state index in [1.165, 1.54) is 5.56 Å². The van der Waals surface area contributed by atoms with E-state index in [-0.39, 0.29) is 18.1 Å². The molecule has 0 atom stereocenters. The SMILES string of the molecule is Cc1cccc(CNc2nc(N)nc(OC(C)C)n2)c1. The first-order valence-electron chi connectivity index (χ1n) is 6.50. The number of aromatic nitrogens is 3. The van der Waals surface area contributed by atoms with Crippen molar-refractivity contribution < 1.29 is 4.74 Å². The smallest absolute Gasteiger partial charge is 0.323 e. The van der Waals surface area contributed by atoms with Crippen LogP contribution in [0.1, 0.15) is 25.0 Å². The average molecular weight is 273 g/mol. The van der Waals surface area contributed by atoms with Gasteiger partial charge in [0, 0.05) is 6.54 Å². The number of nitrogens with two attached hydrogens (primary N) is 1. The average Bonchev–Trinajstić information content (AvgIpc) is 2.35. The Morgan fingerprint density at radius 1 is 1.25 bits per heavy atom.